The van der Waals surface area contributed by atoms with Crippen LogP contribution in [0.3, 0.4) is 0 Å². The first kappa shape index (κ1) is 18.8. The van der Waals surface area contributed by atoms with Crippen LogP contribution in [-0.4, -0.2) is 17.1 Å². The van der Waals surface area contributed by atoms with Crippen LogP contribution in [0.2, 0.25) is 0 Å². The van der Waals surface area contributed by atoms with Gasteiger partial charge in [-0.25, -0.2) is 24.3 Å². The molecule has 0 unspecified atom stereocenters. The molecule has 0 fully saturated rings. The summed E-state index contributed by atoms with van der Waals surface area (Å²) < 4.78 is 0. The van der Waals surface area contributed by atoms with E-state index in [2.05, 4.69) is 5.32 Å². The third-order valence-corrected chi connectivity index (χ3v) is 3.14. The summed E-state index contributed by atoms with van der Waals surface area (Å²) in [5, 5.41) is 12.2. The normalized spacial score (nSPS) is 10.6. The van der Waals surface area contributed by atoms with E-state index in [-0.39, 0.29) is 17.1 Å². The molecule has 0 aliphatic carbocycles. The van der Waals surface area contributed by atoms with Crippen LogP contribution in [0.4, 0.5) is 5.69 Å². The van der Waals surface area contributed by atoms with Gasteiger partial charge in [0.25, 0.3) is 0 Å². The molecule has 3 aromatic carbocycles. The van der Waals surface area contributed by atoms with Crippen LogP contribution in [0.25, 0.3) is 0 Å². The molecule has 0 radical (unpaired) electrons. The summed E-state index contributed by atoms with van der Waals surface area (Å²) in [5.41, 5.74) is 1.85. The second-order valence-corrected chi connectivity index (χ2v) is 4.86. The van der Waals surface area contributed by atoms with Crippen LogP contribution in [0, 0.1) is 0 Å². The topological polar surface area (TPSA) is 49.3 Å². The zero-order valence-corrected chi connectivity index (χ0v) is 13.7. The fraction of sp³-hybridized carbons (Fsp3) is 0.105. The van der Waals surface area contributed by atoms with Crippen molar-refractivity contribution in [1.82, 2.24) is 0 Å². The average molecular weight is 349 g/mol. The second kappa shape index (κ2) is 10.4. The molecule has 23 heavy (non-hydrogen) atoms. The molecule has 120 valence electrons. The SMILES string of the molecule is O=C(O)[C@H](Cc1ccccc1)N[c-]1cccc1.[Fe+2].c1cc[cH-]c1. The van der Waals surface area contributed by atoms with Crippen molar-refractivity contribution in [3.05, 3.63) is 90.5 Å². The Balaban J connectivity index is 0.000000377. The summed E-state index contributed by atoms with van der Waals surface area (Å²) in [6, 6.07) is 26.5. The van der Waals surface area contributed by atoms with Crippen LogP contribution in [0.15, 0.2) is 84.9 Å². The minimum atomic E-state index is -0.838. The molecule has 0 saturated carbocycles. The minimum Gasteiger partial charge on any atom is -0.480 e. The Morgan fingerprint density at radius 1 is 1.04 bits per heavy atom. The van der Waals surface area contributed by atoms with Gasteiger partial charge in [-0.15, -0.1) is 0 Å². The number of nitrogens with one attached hydrogen (secondary N) is 1. The first-order valence-corrected chi connectivity index (χ1v) is 7.17. The van der Waals surface area contributed by atoms with E-state index < -0.39 is 12.0 Å². The number of carboxylic acids is 1. The van der Waals surface area contributed by atoms with Gasteiger partial charge in [0.15, 0.2) is 0 Å². The largest absolute Gasteiger partial charge is 2.00 e. The Morgan fingerprint density at radius 3 is 2.13 bits per heavy atom. The maximum Gasteiger partial charge on any atom is 2.00 e. The number of hydrogen-bond acceptors (Lipinski definition) is 2. The van der Waals surface area contributed by atoms with E-state index in [1.807, 2.05) is 84.9 Å². The molecule has 0 aliphatic heterocycles. The quantitative estimate of drug-likeness (QED) is 0.542. The van der Waals surface area contributed by atoms with Gasteiger partial charge in [-0.3, -0.25) is 4.79 Å². The van der Waals surface area contributed by atoms with Crippen LogP contribution in [0.1, 0.15) is 5.56 Å². The van der Waals surface area contributed by atoms with Crippen molar-refractivity contribution < 1.29 is 27.0 Å². The van der Waals surface area contributed by atoms with Gasteiger partial charge < -0.3 is 10.4 Å². The number of aliphatic carboxylic acids is 1. The van der Waals surface area contributed by atoms with Crippen LogP contribution in [0.5, 0.6) is 0 Å². The van der Waals surface area contributed by atoms with E-state index >= 15 is 0 Å². The van der Waals surface area contributed by atoms with E-state index in [0.717, 1.165) is 11.3 Å². The number of rotatable bonds is 5. The van der Waals surface area contributed by atoms with E-state index in [1.54, 1.807) is 0 Å². The van der Waals surface area contributed by atoms with Gasteiger partial charge in [0.05, 0.1) is 0 Å². The Kier molecular flexibility index (Phi) is 8.51. The standard InChI is InChI=1S/C14H14NO2.C5H5.Fe/c16-14(17)13(15-12-8-4-5-9-12)10-11-6-2-1-3-7-11;1-2-4-5-3-1;/h1-9,13,15H,10H2,(H,16,17);1-5H;/q2*-1;+2/t13-;;/m0../s1. The van der Waals surface area contributed by atoms with Gasteiger partial charge >= 0.3 is 23.0 Å². The van der Waals surface area contributed by atoms with E-state index in [0.29, 0.717) is 6.42 Å². The molecule has 0 aliphatic rings. The molecular formula is C19H19FeNO2. The Morgan fingerprint density at radius 2 is 1.65 bits per heavy atom. The molecule has 0 saturated heterocycles. The van der Waals surface area contributed by atoms with Crippen molar-refractivity contribution in [2.75, 3.05) is 5.32 Å². The van der Waals surface area contributed by atoms with Crippen molar-refractivity contribution in [3.63, 3.8) is 0 Å². The second-order valence-electron chi connectivity index (χ2n) is 4.86. The zero-order chi connectivity index (χ0) is 15.6. The number of benzene rings is 1. The molecule has 4 heteroatoms. The fourth-order valence-electron chi connectivity index (χ4n) is 2.04. The summed E-state index contributed by atoms with van der Waals surface area (Å²) in [4.78, 5) is 11.2. The van der Waals surface area contributed by atoms with Gasteiger partial charge in [-0.2, -0.15) is 30.3 Å². The molecule has 0 bridgehead atoms. The molecule has 0 aromatic heterocycles. The number of hydrogen-bond donors (Lipinski definition) is 2. The molecule has 1 atom stereocenters. The zero-order valence-electron chi connectivity index (χ0n) is 12.6. The van der Waals surface area contributed by atoms with Crippen LogP contribution in [-0.2, 0) is 28.3 Å². The maximum absolute atomic E-state index is 11.2. The summed E-state index contributed by atoms with van der Waals surface area (Å²) in [7, 11) is 0. The minimum absolute atomic E-state index is 0. The van der Waals surface area contributed by atoms with E-state index in [9.17, 15) is 9.90 Å². The number of carboxylic acid groups (broad SMARTS) is 1. The molecule has 0 heterocycles. The Bertz CT molecular complexity index is 616. The molecule has 2 N–H and O–H groups in total. The van der Waals surface area contributed by atoms with Crippen molar-refractivity contribution in [1.29, 1.82) is 0 Å². The van der Waals surface area contributed by atoms with E-state index in [4.69, 9.17) is 0 Å². The van der Waals surface area contributed by atoms with E-state index in [1.165, 1.54) is 0 Å². The monoisotopic (exact) mass is 349 g/mol. The van der Waals surface area contributed by atoms with Crippen LogP contribution >= 0.6 is 0 Å². The number of anilines is 1. The molecule has 0 amide bonds. The summed E-state index contributed by atoms with van der Waals surface area (Å²) in [5.74, 6) is -0.838. The fourth-order valence-corrected chi connectivity index (χ4v) is 2.04. The van der Waals surface area contributed by atoms with Crippen molar-refractivity contribution in [2.24, 2.45) is 0 Å². The summed E-state index contributed by atoms with van der Waals surface area (Å²) in [6.07, 6.45) is 0.474. The predicted molar refractivity (Wildman–Crippen MR) is 89.3 cm³/mol. The molecule has 3 rings (SSSR count). The molecule has 0 spiro atoms. The Hall–Kier alpha value is -2.29. The molecule has 3 aromatic rings. The summed E-state index contributed by atoms with van der Waals surface area (Å²) >= 11 is 0. The van der Waals surface area contributed by atoms with Gasteiger partial charge in [0, 0.05) is 6.42 Å². The first-order valence-electron chi connectivity index (χ1n) is 7.17. The van der Waals surface area contributed by atoms with Crippen molar-refractivity contribution in [2.45, 2.75) is 12.5 Å². The smallest absolute Gasteiger partial charge is 0.480 e. The van der Waals surface area contributed by atoms with Crippen molar-refractivity contribution in [3.8, 4) is 0 Å². The van der Waals surface area contributed by atoms with Crippen LogP contribution < -0.4 is 5.32 Å². The molecule has 3 nitrogen and oxygen atoms in total. The Labute approximate surface area is 147 Å². The number of carbonyl (C=O) groups is 1. The third-order valence-electron chi connectivity index (χ3n) is 3.14. The summed E-state index contributed by atoms with van der Waals surface area (Å²) in [6.45, 7) is 0. The van der Waals surface area contributed by atoms with Gasteiger partial charge in [-0.05, 0) is 5.56 Å². The van der Waals surface area contributed by atoms with Gasteiger partial charge in [0.2, 0.25) is 0 Å². The van der Waals surface area contributed by atoms with Crippen molar-refractivity contribution >= 4 is 11.7 Å². The average Bonchev–Trinajstić information content (AvgIpc) is 3.24. The van der Waals surface area contributed by atoms with Gasteiger partial charge in [-0.1, -0.05) is 36.0 Å². The maximum atomic E-state index is 11.2. The third kappa shape index (κ3) is 7.00. The first-order chi connectivity index (χ1) is 10.8. The molecular weight excluding hydrogens is 330 g/mol. The predicted octanol–water partition coefficient (Wildman–Crippen LogP) is 3.92. The van der Waals surface area contributed by atoms with Gasteiger partial charge in [0.1, 0.15) is 6.04 Å².